The molecule has 2 N–H and O–H groups in total. The van der Waals surface area contributed by atoms with E-state index in [9.17, 15) is 19.5 Å². The van der Waals surface area contributed by atoms with Crippen molar-refractivity contribution < 1.29 is 19.5 Å². The highest BCUT2D eigenvalue weighted by atomic mass is 16.4. The zero-order valence-corrected chi connectivity index (χ0v) is 15.1. The Labute approximate surface area is 152 Å². The predicted molar refractivity (Wildman–Crippen MR) is 93.4 cm³/mol. The summed E-state index contributed by atoms with van der Waals surface area (Å²) in [5.41, 5.74) is 0.383. The summed E-state index contributed by atoms with van der Waals surface area (Å²) in [4.78, 5) is 37.5. The molecule has 2 amide bonds. The molecule has 8 heteroatoms. The smallest absolute Gasteiger partial charge is 0.308 e. The van der Waals surface area contributed by atoms with E-state index in [0.717, 1.165) is 25.7 Å². The number of nitrogens with one attached hydrogen (secondary N) is 1. The first-order valence-corrected chi connectivity index (χ1v) is 9.28. The maximum Gasteiger partial charge on any atom is 0.308 e. The lowest BCUT2D eigenvalue weighted by Gasteiger charge is -2.22. The Balaban J connectivity index is 1.54. The van der Waals surface area contributed by atoms with Crippen molar-refractivity contribution >= 4 is 17.8 Å². The summed E-state index contributed by atoms with van der Waals surface area (Å²) in [6.07, 6.45) is 8.57. The fraction of sp³-hybridized carbons (Fsp3) is 0.667. The van der Waals surface area contributed by atoms with Crippen molar-refractivity contribution in [2.45, 2.75) is 51.6 Å². The molecule has 1 saturated carbocycles. The Bertz CT molecular complexity index is 680. The molecule has 0 aromatic carbocycles. The monoisotopic (exact) mass is 362 g/mol. The SMILES string of the molecule is C[C@@H]1CN(C(=O)c2cnn(CC(=O)NC3CCCCC3)c2)C[C@H]1C(=O)O. The number of hydrogen-bond acceptors (Lipinski definition) is 4. The standard InChI is InChI=1S/C18H26N4O4/c1-12-8-21(10-15(12)18(25)26)17(24)13-7-19-22(9-13)11-16(23)20-14-5-3-2-4-6-14/h7,9,12,14-15H,2-6,8,10-11H2,1H3,(H,20,23)(H,25,26)/t12-,15-/m1/s1. The fourth-order valence-electron chi connectivity index (χ4n) is 3.86. The topological polar surface area (TPSA) is 105 Å². The lowest BCUT2D eigenvalue weighted by Crippen LogP contribution is -2.38. The number of aromatic nitrogens is 2. The van der Waals surface area contributed by atoms with Crippen molar-refractivity contribution in [2.24, 2.45) is 11.8 Å². The quantitative estimate of drug-likeness (QED) is 0.817. The highest BCUT2D eigenvalue weighted by Crippen LogP contribution is 2.24. The van der Waals surface area contributed by atoms with Crippen LogP contribution in [0.3, 0.4) is 0 Å². The highest BCUT2D eigenvalue weighted by Gasteiger charge is 2.37. The van der Waals surface area contributed by atoms with Gasteiger partial charge in [-0.1, -0.05) is 26.2 Å². The first-order chi connectivity index (χ1) is 12.4. The summed E-state index contributed by atoms with van der Waals surface area (Å²) in [6.45, 7) is 2.55. The maximum atomic E-state index is 12.6. The van der Waals surface area contributed by atoms with Crippen molar-refractivity contribution in [3.8, 4) is 0 Å². The normalized spacial score (nSPS) is 23.8. The van der Waals surface area contributed by atoms with Crippen LogP contribution in [0.1, 0.15) is 49.4 Å². The van der Waals surface area contributed by atoms with Gasteiger partial charge in [-0.3, -0.25) is 19.1 Å². The number of carbonyl (C=O) groups is 3. The molecule has 3 rings (SSSR count). The van der Waals surface area contributed by atoms with Gasteiger partial charge in [0.05, 0.1) is 17.7 Å². The lowest BCUT2D eigenvalue weighted by atomic mass is 9.95. The van der Waals surface area contributed by atoms with Gasteiger partial charge in [0.1, 0.15) is 6.54 Å². The summed E-state index contributed by atoms with van der Waals surface area (Å²) >= 11 is 0. The second-order valence-electron chi connectivity index (χ2n) is 7.46. The van der Waals surface area contributed by atoms with Crippen molar-refractivity contribution in [1.29, 1.82) is 0 Å². The van der Waals surface area contributed by atoms with Crippen molar-refractivity contribution in [1.82, 2.24) is 20.0 Å². The second kappa shape index (κ2) is 7.88. The molecule has 0 unspecified atom stereocenters. The van der Waals surface area contributed by atoms with E-state index in [0.29, 0.717) is 12.1 Å². The van der Waals surface area contributed by atoms with E-state index in [4.69, 9.17) is 0 Å². The first-order valence-electron chi connectivity index (χ1n) is 9.28. The van der Waals surface area contributed by atoms with Gasteiger partial charge in [0.15, 0.2) is 0 Å². The first kappa shape index (κ1) is 18.4. The average Bonchev–Trinajstić information content (AvgIpc) is 3.22. The molecule has 0 bridgehead atoms. The van der Waals surface area contributed by atoms with E-state index >= 15 is 0 Å². The minimum absolute atomic E-state index is 0.0761. The highest BCUT2D eigenvalue weighted by molar-refractivity contribution is 5.94. The van der Waals surface area contributed by atoms with Crippen LogP contribution < -0.4 is 5.32 Å². The van der Waals surface area contributed by atoms with Gasteiger partial charge in [-0.15, -0.1) is 0 Å². The van der Waals surface area contributed by atoms with Crippen LogP contribution in [0.4, 0.5) is 0 Å². The van der Waals surface area contributed by atoms with Crippen LogP contribution in [-0.4, -0.2) is 56.7 Å². The zero-order chi connectivity index (χ0) is 18.7. The van der Waals surface area contributed by atoms with Gasteiger partial charge in [-0.2, -0.15) is 5.10 Å². The van der Waals surface area contributed by atoms with Crippen LogP contribution in [0.5, 0.6) is 0 Å². The van der Waals surface area contributed by atoms with Crippen LogP contribution in [-0.2, 0) is 16.1 Å². The Morgan fingerprint density at radius 2 is 1.96 bits per heavy atom. The lowest BCUT2D eigenvalue weighted by molar-refractivity contribution is -0.142. The number of aliphatic carboxylic acids is 1. The molecule has 0 radical (unpaired) electrons. The third kappa shape index (κ3) is 4.23. The number of nitrogens with zero attached hydrogens (tertiary/aromatic N) is 3. The van der Waals surface area contributed by atoms with E-state index < -0.39 is 11.9 Å². The molecule has 1 aromatic rings. The van der Waals surface area contributed by atoms with E-state index in [2.05, 4.69) is 10.4 Å². The number of carboxylic acids is 1. The van der Waals surface area contributed by atoms with Gasteiger partial charge in [-0.05, 0) is 18.8 Å². The van der Waals surface area contributed by atoms with E-state index in [1.807, 2.05) is 6.92 Å². The van der Waals surface area contributed by atoms with Gasteiger partial charge in [0, 0.05) is 25.3 Å². The molecule has 1 saturated heterocycles. The van der Waals surface area contributed by atoms with Crippen LogP contribution in [0.2, 0.25) is 0 Å². The number of carbonyl (C=O) groups excluding carboxylic acids is 2. The largest absolute Gasteiger partial charge is 0.481 e. The Morgan fingerprint density at radius 3 is 2.62 bits per heavy atom. The molecular weight excluding hydrogens is 336 g/mol. The molecule has 2 fully saturated rings. The summed E-state index contributed by atoms with van der Waals surface area (Å²) in [5.74, 6) is -1.81. The molecule has 142 valence electrons. The van der Waals surface area contributed by atoms with Crippen LogP contribution >= 0.6 is 0 Å². The van der Waals surface area contributed by atoms with E-state index in [-0.39, 0.29) is 36.9 Å². The fourth-order valence-corrected chi connectivity index (χ4v) is 3.86. The van der Waals surface area contributed by atoms with Crippen LogP contribution in [0, 0.1) is 11.8 Å². The average molecular weight is 362 g/mol. The molecule has 1 aromatic heterocycles. The molecule has 2 atom stereocenters. The van der Waals surface area contributed by atoms with Gasteiger partial charge in [0.2, 0.25) is 5.91 Å². The zero-order valence-electron chi connectivity index (χ0n) is 15.1. The van der Waals surface area contributed by atoms with Gasteiger partial charge in [-0.25, -0.2) is 0 Å². The Hall–Kier alpha value is -2.38. The number of likely N-dealkylation sites (tertiary alicyclic amines) is 1. The van der Waals surface area contributed by atoms with Gasteiger partial charge >= 0.3 is 5.97 Å². The maximum absolute atomic E-state index is 12.6. The summed E-state index contributed by atoms with van der Waals surface area (Å²) in [7, 11) is 0. The molecule has 8 nitrogen and oxygen atoms in total. The summed E-state index contributed by atoms with van der Waals surface area (Å²) < 4.78 is 1.46. The third-order valence-corrected chi connectivity index (χ3v) is 5.37. The summed E-state index contributed by atoms with van der Waals surface area (Å²) in [6, 6.07) is 0.243. The third-order valence-electron chi connectivity index (χ3n) is 5.37. The molecule has 26 heavy (non-hydrogen) atoms. The van der Waals surface area contributed by atoms with Crippen LogP contribution in [0.15, 0.2) is 12.4 Å². The van der Waals surface area contributed by atoms with Crippen molar-refractivity contribution in [3.05, 3.63) is 18.0 Å². The molecule has 2 heterocycles. The molecular formula is C18H26N4O4. The Kier molecular flexibility index (Phi) is 5.58. The molecule has 2 aliphatic rings. The molecule has 0 spiro atoms. The second-order valence-corrected chi connectivity index (χ2v) is 7.46. The minimum atomic E-state index is -0.872. The van der Waals surface area contributed by atoms with E-state index in [1.165, 1.54) is 17.3 Å². The predicted octanol–water partition coefficient (Wildman–Crippen LogP) is 1.12. The minimum Gasteiger partial charge on any atom is -0.481 e. The number of hydrogen-bond donors (Lipinski definition) is 2. The molecule has 1 aliphatic carbocycles. The number of rotatable bonds is 5. The van der Waals surface area contributed by atoms with Gasteiger partial charge in [0.25, 0.3) is 5.91 Å². The van der Waals surface area contributed by atoms with Crippen molar-refractivity contribution in [2.75, 3.05) is 13.1 Å². The van der Waals surface area contributed by atoms with Crippen molar-refractivity contribution in [3.63, 3.8) is 0 Å². The van der Waals surface area contributed by atoms with Crippen LogP contribution in [0.25, 0.3) is 0 Å². The van der Waals surface area contributed by atoms with E-state index in [1.54, 1.807) is 11.1 Å². The summed E-state index contributed by atoms with van der Waals surface area (Å²) in [5, 5.41) is 16.3. The number of carboxylic acid groups (broad SMARTS) is 1. The van der Waals surface area contributed by atoms with Gasteiger partial charge < -0.3 is 15.3 Å². The number of amides is 2. The Morgan fingerprint density at radius 1 is 1.23 bits per heavy atom. The molecule has 1 aliphatic heterocycles.